The summed E-state index contributed by atoms with van der Waals surface area (Å²) in [4.78, 5) is 24.6. The number of methoxy groups -OCH3 is 1. The lowest BCUT2D eigenvalue weighted by molar-refractivity contribution is -0.147. The van der Waals surface area contributed by atoms with E-state index >= 15 is 0 Å². The summed E-state index contributed by atoms with van der Waals surface area (Å²) in [7, 11) is 4.90. The van der Waals surface area contributed by atoms with Crippen LogP contribution in [0.3, 0.4) is 0 Å². The molecule has 0 unspecified atom stereocenters. The van der Waals surface area contributed by atoms with E-state index in [1.807, 2.05) is 0 Å². The average molecular weight is 342 g/mol. The van der Waals surface area contributed by atoms with Crippen LogP contribution < -0.4 is 5.32 Å². The molecule has 1 N–H and O–H groups in total. The summed E-state index contributed by atoms with van der Waals surface area (Å²) in [5, 5.41) is 3.39. The van der Waals surface area contributed by atoms with Crippen LogP contribution in [0.1, 0.15) is 32.1 Å². The number of rotatable bonds is 7. The zero-order valence-electron chi connectivity index (χ0n) is 15.0. The Labute approximate surface area is 144 Å². The van der Waals surface area contributed by atoms with Crippen molar-refractivity contribution in [2.45, 2.75) is 50.4 Å². The van der Waals surface area contributed by atoms with Gasteiger partial charge >= 0.3 is 5.97 Å². The van der Waals surface area contributed by atoms with E-state index in [-0.39, 0.29) is 42.7 Å². The second-order valence-corrected chi connectivity index (χ2v) is 6.89. The molecule has 1 saturated heterocycles. The molecular formula is C17H30N2O5. The molecule has 7 nitrogen and oxygen atoms in total. The number of carbonyl (C=O) groups is 2. The van der Waals surface area contributed by atoms with Crippen LogP contribution in [0.5, 0.6) is 0 Å². The van der Waals surface area contributed by atoms with Crippen LogP contribution >= 0.6 is 0 Å². The lowest BCUT2D eigenvalue weighted by Gasteiger charge is -2.27. The largest absolute Gasteiger partial charge is 0.469 e. The molecule has 24 heavy (non-hydrogen) atoms. The predicted molar refractivity (Wildman–Crippen MR) is 88.6 cm³/mol. The van der Waals surface area contributed by atoms with Gasteiger partial charge in [0.15, 0.2) is 0 Å². The molecule has 1 heterocycles. The van der Waals surface area contributed by atoms with E-state index in [4.69, 9.17) is 14.2 Å². The monoisotopic (exact) mass is 342 g/mol. The first-order chi connectivity index (χ1) is 11.5. The molecular weight excluding hydrogens is 312 g/mol. The molecule has 0 aromatic carbocycles. The lowest BCUT2D eigenvalue weighted by atomic mass is 9.87. The highest BCUT2D eigenvalue weighted by Gasteiger charge is 2.29. The first-order valence-electron chi connectivity index (χ1n) is 8.74. The summed E-state index contributed by atoms with van der Waals surface area (Å²) in [5.74, 6) is -0.0818. The standard InChI is InChI=1S/C17H30N2O5/c1-19(2)16(20)11-24-15-8-13(18-9-15)10-23-14-6-4-12(5-7-14)17(21)22-3/h12-15,18H,4-11H2,1-3H3/t12-,13-,14-,15-/m0/s1. The molecule has 1 aliphatic heterocycles. The smallest absolute Gasteiger partial charge is 0.308 e. The Morgan fingerprint density at radius 2 is 1.79 bits per heavy atom. The van der Waals surface area contributed by atoms with Gasteiger partial charge in [-0.15, -0.1) is 0 Å². The van der Waals surface area contributed by atoms with Gasteiger partial charge in [-0.25, -0.2) is 0 Å². The Balaban J connectivity index is 1.59. The van der Waals surface area contributed by atoms with Crippen molar-refractivity contribution in [1.82, 2.24) is 10.2 Å². The molecule has 0 aromatic rings. The quantitative estimate of drug-likeness (QED) is 0.682. The van der Waals surface area contributed by atoms with Crippen molar-refractivity contribution in [3.63, 3.8) is 0 Å². The molecule has 1 aliphatic carbocycles. The highest BCUT2D eigenvalue weighted by Crippen LogP contribution is 2.27. The van der Waals surface area contributed by atoms with Crippen LogP contribution in [0.15, 0.2) is 0 Å². The highest BCUT2D eigenvalue weighted by atomic mass is 16.5. The maximum Gasteiger partial charge on any atom is 0.308 e. The molecule has 2 aliphatic rings. The van der Waals surface area contributed by atoms with Gasteiger partial charge in [0.2, 0.25) is 5.91 Å². The van der Waals surface area contributed by atoms with Crippen molar-refractivity contribution in [2.24, 2.45) is 5.92 Å². The van der Waals surface area contributed by atoms with Gasteiger partial charge in [-0.05, 0) is 32.1 Å². The van der Waals surface area contributed by atoms with E-state index in [1.165, 1.54) is 12.0 Å². The van der Waals surface area contributed by atoms with Gasteiger partial charge in [0.1, 0.15) is 6.61 Å². The molecule has 138 valence electrons. The maximum atomic E-state index is 11.5. The van der Waals surface area contributed by atoms with Crippen molar-refractivity contribution >= 4 is 11.9 Å². The Morgan fingerprint density at radius 1 is 1.08 bits per heavy atom. The Morgan fingerprint density at radius 3 is 2.42 bits per heavy atom. The Hall–Kier alpha value is -1.18. The number of likely N-dealkylation sites (N-methyl/N-ethyl adjacent to an activating group) is 1. The molecule has 2 atom stereocenters. The minimum Gasteiger partial charge on any atom is -0.469 e. The summed E-state index contributed by atoms with van der Waals surface area (Å²) in [6.45, 7) is 1.53. The number of nitrogens with zero attached hydrogens (tertiary/aromatic N) is 1. The van der Waals surface area contributed by atoms with Gasteiger partial charge in [0.05, 0.1) is 31.8 Å². The van der Waals surface area contributed by atoms with Gasteiger partial charge in [0, 0.05) is 26.7 Å². The molecule has 2 fully saturated rings. The fourth-order valence-electron chi connectivity index (χ4n) is 3.24. The normalized spacial score (nSPS) is 30.1. The second-order valence-electron chi connectivity index (χ2n) is 6.89. The number of esters is 1. The van der Waals surface area contributed by atoms with E-state index < -0.39 is 0 Å². The van der Waals surface area contributed by atoms with Gasteiger partial charge in [-0.2, -0.15) is 0 Å². The molecule has 0 radical (unpaired) electrons. The van der Waals surface area contributed by atoms with Crippen molar-refractivity contribution in [1.29, 1.82) is 0 Å². The number of hydrogen-bond acceptors (Lipinski definition) is 6. The van der Waals surface area contributed by atoms with E-state index in [0.29, 0.717) is 6.61 Å². The van der Waals surface area contributed by atoms with Gasteiger partial charge in [0.25, 0.3) is 0 Å². The zero-order chi connectivity index (χ0) is 17.5. The number of amides is 1. The maximum absolute atomic E-state index is 11.5. The van der Waals surface area contributed by atoms with Crippen molar-refractivity contribution in [3.05, 3.63) is 0 Å². The number of carbonyl (C=O) groups excluding carboxylic acids is 2. The fourth-order valence-corrected chi connectivity index (χ4v) is 3.24. The lowest BCUT2D eigenvalue weighted by Crippen LogP contribution is -2.32. The molecule has 0 aromatic heterocycles. The minimum absolute atomic E-state index is 0.0166. The van der Waals surface area contributed by atoms with Crippen LogP contribution in [0, 0.1) is 5.92 Å². The fraction of sp³-hybridized carbons (Fsp3) is 0.882. The van der Waals surface area contributed by atoms with Crippen molar-refractivity contribution in [3.8, 4) is 0 Å². The number of hydrogen-bond donors (Lipinski definition) is 1. The van der Waals surface area contributed by atoms with E-state index in [1.54, 1.807) is 14.1 Å². The van der Waals surface area contributed by atoms with Crippen LogP contribution in [0.4, 0.5) is 0 Å². The summed E-state index contributed by atoms with van der Waals surface area (Å²) >= 11 is 0. The molecule has 0 bridgehead atoms. The highest BCUT2D eigenvalue weighted by molar-refractivity contribution is 5.76. The third-order valence-electron chi connectivity index (χ3n) is 4.86. The van der Waals surface area contributed by atoms with Gasteiger partial charge < -0.3 is 24.4 Å². The van der Waals surface area contributed by atoms with Crippen LogP contribution in [0.25, 0.3) is 0 Å². The molecule has 1 saturated carbocycles. The first-order valence-corrected chi connectivity index (χ1v) is 8.74. The predicted octanol–water partition coefficient (Wildman–Crippen LogP) is 0.570. The number of ether oxygens (including phenoxy) is 3. The molecule has 0 spiro atoms. The Kier molecular flexibility index (Phi) is 7.45. The van der Waals surface area contributed by atoms with Crippen molar-refractivity contribution in [2.75, 3.05) is 41.0 Å². The topological polar surface area (TPSA) is 77.1 Å². The summed E-state index contributed by atoms with van der Waals surface area (Å²) in [6.07, 6.45) is 4.65. The van der Waals surface area contributed by atoms with Gasteiger partial charge in [-0.1, -0.05) is 0 Å². The minimum atomic E-state index is -0.0989. The third kappa shape index (κ3) is 5.72. The average Bonchev–Trinajstić information content (AvgIpc) is 3.05. The van der Waals surface area contributed by atoms with Crippen LogP contribution in [-0.2, 0) is 23.8 Å². The van der Waals surface area contributed by atoms with Crippen LogP contribution in [0.2, 0.25) is 0 Å². The van der Waals surface area contributed by atoms with Crippen LogP contribution in [-0.4, -0.2) is 76.0 Å². The molecule has 7 heteroatoms. The van der Waals surface area contributed by atoms with Crippen molar-refractivity contribution < 1.29 is 23.8 Å². The van der Waals surface area contributed by atoms with E-state index in [2.05, 4.69) is 5.32 Å². The van der Waals surface area contributed by atoms with Gasteiger partial charge in [-0.3, -0.25) is 9.59 Å². The first kappa shape index (κ1) is 19.1. The summed E-state index contributed by atoms with van der Waals surface area (Å²) in [5.41, 5.74) is 0. The summed E-state index contributed by atoms with van der Waals surface area (Å²) in [6, 6.07) is 0.266. The molecule has 2 rings (SSSR count). The third-order valence-corrected chi connectivity index (χ3v) is 4.86. The zero-order valence-corrected chi connectivity index (χ0v) is 15.0. The van der Waals surface area contributed by atoms with E-state index in [0.717, 1.165) is 38.6 Å². The summed E-state index contributed by atoms with van der Waals surface area (Å²) < 4.78 is 16.4. The Bertz CT molecular complexity index is 421. The van der Waals surface area contributed by atoms with E-state index in [9.17, 15) is 9.59 Å². The SMILES string of the molecule is COC(=O)[C@H]1CC[C@H](OC[C@@H]2C[C@H](OCC(=O)N(C)C)CN2)CC1. The second kappa shape index (κ2) is 9.34. The molecule has 1 amide bonds. The number of nitrogens with one attached hydrogen (secondary N) is 1.